The molecule has 0 atom stereocenters. The first kappa shape index (κ1) is 20.9. The van der Waals surface area contributed by atoms with Crippen molar-refractivity contribution in [1.82, 2.24) is 10.2 Å². The molecule has 1 fully saturated rings. The van der Waals surface area contributed by atoms with Crippen molar-refractivity contribution in [3.8, 4) is 11.5 Å². The third-order valence-corrected chi connectivity index (χ3v) is 4.70. The maximum absolute atomic E-state index is 12.2. The summed E-state index contributed by atoms with van der Waals surface area (Å²) in [4.78, 5) is 25.6. The first-order chi connectivity index (χ1) is 13.1. The summed E-state index contributed by atoms with van der Waals surface area (Å²) in [6.45, 7) is 3.42. The largest absolute Gasteiger partial charge is 0.493 e. The highest BCUT2D eigenvalue weighted by Crippen LogP contribution is 2.28. The minimum atomic E-state index is -0.266. The van der Waals surface area contributed by atoms with Crippen LogP contribution in [0, 0.1) is 0 Å². The molecule has 1 saturated heterocycles. The number of methoxy groups -OCH3 is 2. The van der Waals surface area contributed by atoms with Crippen LogP contribution in [0.4, 0.5) is 4.79 Å². The first-order valence-corrected chi connectivity index (χ1v) is 9.49. The van der Waals surface area contributed by atoms with Gasteiger partial charge in [-0.3, -0.25) is 4.79 Å². The molecule has 1 aliphatic heterocycles. The van der Waals surface area contributed by atoms with Gasteiger partial charge in [0.1, 0.15) is 0 Å². The molecule has 1 N–H and O–H groups in total. The second-order valence-electron chi connectivity index (χ2n) is 6.57. The summed E-state index contributed by atoms with van der Waals surface area (Å²) in [5.74, 6) is 1.46. The Morgan fingerprint density at radius 2 is 1.85 bits per heavy atom. The van der Waals surface area contributed by atoms with Crippen LogP contribution < -0.4 is 14.8 Å². The van der Waals surface area contributed by atoms with Crippen molar-refractivity contribution in [3.63, 3.8) is 0 Å². The van der Waals surface area contributed by atoms with Crippen molar-refractivity contribution < 1.29 is 23.8 Å². The Labute approximate surface area is 161 Å². The van der Waals surface area contributed by atoms with Gasteiger partial charge in [-0.1, -0.05) is 6.07 Å². The highest BCUT2D eigenvalue weighted by molar-refractivity contribution is 5.76. The van der Waals surface area contributed by atoms with Crippen LogP contribution in [0.5, 0.6) is 11.5 Å². The molecule has 0 radical (unpaired) electrons. The van der Waals surface area contributed by atoms with E-state index in [4.69, 9.17) is 14.2 Å². The highest BCUT2D eigenvalue weighted by Gasteiger charge is 2.24. The predicted octanol–water partition coefficient (Wildman–Crippen LogP) is 2.76. The van der Waals surface area contributed by atoms with Crippen LogP contribution in [0.1, 0.15) is 38.2 Å². The zero-order valence-electron chi connectivity index (χ0n) is 16.5. The maximum Gasteiger partial charge on any atom is 0.409 e. The SMILES string of the molecule is CCOC(=O)N1CCC(NC(=O)CCCc2ccc(OC)c(OC)c2)CC1. The van der Waals surface area contributed by atoms with E-state index in [1.807, 2.05) is 18.2 Å². The van der Waals surface area contributed by atoms with Gasteiger partial charge in [0.15, 0.2) is 11.5 Å². The second kappa shape index (κ2) is 10.6. The van der Waals surface area contributed by atoms with Crippen LogP contribution in [0.25, 0.3) is 0 Å². The Hall–Kier alpha value is -2.44. The minimum absolute atomic E-state index is 0.0602. The molecule has 2 rings (SSSR count). The molecule has 0 saturated carbocycles. The van der Waals surface area contributed by atoms with Gasteiger partial charge in [-0.05, 0) is 50.3 Å². The van der Waals surface area contributed by atoms with Gasteiger partial charge in [0.2, 0.25) is 5.91 Å². The molecule has 0 unspecified atom stereocenters. The summed E-state index contributed by atoms with van der Waals surface area (Å²) in [6, 6.07) is 5.95. The lowest BCUT2D eigenvalue weighted by Gasteiger charge is -2.31. The second-order valence-corrected chi connectivity index (χ2v) is 6.57. The number of rotatable bonds is 8. The summed E-state index contributed by atoms with van der Waals surface area (Å²) < 4.78 is 15.5. The van der Waals surface area contributed by atoms with Crippen LogP contribution in [0.2, 0.25) is 0 Å². The summed E-state index contributed by atoms with van der Waals surface area (Å²) in [5, 5.41) is 3.07. The molecular weight excluding hydrogens is 348 g/mol. The number of piperidine rings is 1. The van der Waals surface area contributed by atoms with Crippen molar-refractivity contribution in [1.29, 1.82) is 0 Å². The average Bonchev–Trinajstić information content (AvgIpc) is 2.68. The van der Waals surface area contributed by atoms with Gasteiger partial charge in [-0.15, -0.1) is 0 Å². The van der Waals surface area contributed by atoms with E-state index in [1.165, 1.54) is 0 Å². The lowest BCUT2D eigenvalue weighted by Crippen LogP contribution is -2.46. The fourth-order valence-corrected chi connectivity index (χ4v) is 3.21. The lowest BCUT2D eigenvalue weighted by atomic mass is 10.0. The number of likely N-dealkylation sites (tertiary alicyclic amines) is 1. The van der Waals surface area contributed by atoms with Crippen molar-refractivity contribution in [2.75, 3.05) is 33.9 Å². The Bertz CT molecular complexity index is 627. The van der Waals surface area contributed by atoms with Crippen LogP contribution in [-0.2, 0) is 16.0 Å². The number of carbonyl (C=O) groups excluding carboxylic acids is 2. The monoisotopic (exact) mass is 378 g/mol. The highest BCUT2D eigenvalue weighted by atomic mass is 16.6. The molecule has 0 spiro atoms. The Morgan fingerprint density at radius 3 is 2.48 bits per heavy atom. The number of nitrogens with zero attached hydrogens (tertiary/aromatic N) is 1. The normalized spacial score (nSPS) is 14.6. The Kier molecular flexibility index (Phi) is 8.23. The van der Waals surface area contributed by atoms with E-state index in [9.17, 15) is 9.59 Å². The molecule has 2 amide bonds. The molecule has 0 aliphatic carbocycles. The van der Waals surface area contributed by atoms with E-state index in [2.05, 4.69) is 5.32 Å². The van der Waals surface area contributed by atoms with E-state index < -0.39 is 0 Å². The molecule has 0 aromatic heterocycles. The molecule has 150 valence electrons. The molecule has 1 aliphatic rings. The van der Waals surface area contributed by atoms with Gasteiger partial charge in [-0.25, -0.2) is 4.79 Å². The van der Waals surface area contributed by atoms with E-state index in [1.54, 1.807) is 26.0 Å². The summed E-state index contributed by atoms with van der Waals surface area (Å²) >= 11 is 0. The van der Waals surface area contributed by atoms with Gasteiger partial charge >= 0.3 is 6.09 Å². The van der Waals surface area contributed by atoms with E-state index in [-0.39, 0.29) is 18.0 Å². The molecule has 27 heavy (non-hydrogen) atoms. The van der Waals surface area contributed by atoms with Gasteiger partial charge in [-0.2, -0.15) is 0 Å². The zero-order chi connectivity index (χ0) is 19.6. The number of hydrogen-bond acceptors (Lipinski definition) is 5. The topological polar surface area (TPSA) is 77.1 Å². The summed E-state index contributed by atoms with van der Waals surface area (Å²) in [5.41, 5.74) is 1.11. The standard InChI is InChI=1S/C20H30N2O5/c1-4-27-20(24)22-12-10-16(11-13-22)21-19(23)7-5-6-15-8-9-17(25-2)18(14-15)26-3/h8-9,14,16H,4-7,10-13H2,1-3H3,(H,21,23). The van der Waals surface area contributed by atoms with Crippen molar-refractivity contribution in [2.24, 2.45) is 0 Å². The Balaban J connectivity index is 1.69. The van der Waals surface area contributed by atoms with Gasteiger partial charge in [0.25, 0.3) is 0 Å². The van der Waals surface area contributed by atoms with Crippen LogP contribution in [0.15, 0.2) is 18.2 Å². The van der Waals surface area contributed by atoms with Gasteiger partial charge in [0.05, 0.1) is 20.8 Å². The number of hydrogen-bond donors (Lipinski definition) is 1. The molecule has 7 nitrogen and oxygen atoms in total. The summed E-state index contributed by atoms with van der Waals surface area (Å²) in [7, 11) is 3.22. The third-order valence-electron chi connectivity index (χ3n) is 4.70. The molecule has 1 heterocycles. The smallest absolute Gasteiger partial charge is 0.409 e. The average molecular weight is 378 g/mol. The molecule has 0 bridgehead atoms. The van der Waals surface area contributed by atoms with Crippen molar-refractivity contribution in [2.45, 2.75) is 45.1 Å². The van der Waals surface area contributed by atoms with E-state index in [0.29, 0.717) is 37.6 Å². The van der Waals surface area contributed by atoms with Gasteiger partial charge < -0.3 is 24.4 Å². The molecule has 1 aromatic carbocycles. The number of aryl methyl sites for hydroxylation is 1. The van der Waals surface area contributed by atoms with Gasteiger partial charge in [0, 0.05) is 25.6 Å². The van der Waals surface area contributed by atoms with E-state index in [0.717, 1.165) is 31.2 Å². The summed E-state index contributed by atoms with van der Waals surface area (Å²) in [6.07, 6.45) is 3.31. The first-order valence-electron chi connectivity index (χ1n) is 9.49. The van der Waals surface area contributed by atoms with Crippen LogP contribution in [0.3, 0.4) is 0 Å². The van der Waals surface area contributed by atoms with Crippen molar-refractivity contribution in [3.05, 3.63) is 23.8 Å². The number of nitrogens with one attached hydrogen (secondary N) is 1. The number of carbonyl (C=O) groups is 2. The lowest BCUT2D eigenvalue weighted by molar-refractivity contribution is -0.122. The number of benzene rings is 1. The quantitative estimate of drug-likeness (QED) is 0.753. The Morgan fingerprint density at radius 1 is 1.15 bits per heavy atom. The van der Waals surface area contributed by atoms with Crippen LogP contribution in [-0.4, -0.2) is 56.9 Å². The fourth-order valence-electron chi connectivity index (χ4n) is 3.21. The number of amides is 2. The minimum Gasteiger partial charge on any atom is -0.493 e. The predicted molar refractivity (Wildman–Crippen MR) is 102 cm³/mol. The van der Waals surface area contributed by atoms with E-state index >= 15 is 0 Å². The zero-order valence-corrected chi connectivity index (χ0v) is 16.5. The number of ether oxygens (including phenoxy) is 3. The molecule has 1 aromatic rings. The van der Waals surface area contributed by atoms with Crippen LogP contribution >= 0.6 is 0 Å². The molecular formula is C20H30N2O5. The molecule has 7 heteroatoms. The fraction of sp³-hybridized carbons (Fsp3) is 0.600. The third kappa shape index (κ3) is 6.34. The maximum atomic E-state index is 12.2. The van der Waals surface area contributed by atoms with Crippen molar-refractivity contribution >= 4 is 12.0 Å².